The van der Waals surface area contributed by atoms with Gasteiger partial charge >= 0.3 is 0 Å². The first-order valence-corrected chi connectivity index (χ1v) is 7.03. The van der Waals surface area contributed by atoms with Gasteiger partial charge in [-0.15, -0.1) is 0 Å². The fourth-order valence-corrected chi connectivity index (χ4v) is 2.30. The number of rotatable bonds is 3. The maximum Gasteiger partial charge on any atom is 0.232 e. The molecule has 17 heavy (non-hydrogen) atoms. The Morgan fingerprint density at radius 3 is 2.76 bits per heavy atom. The molecule has 5 heteroatoms. The minimum Gasteiger partial charge on any atom is -0.283 e. The van der Waals surface area contributed by atoms with E-state index in [1.54, 1.807) is 25.3 Å². The average molecular weight is 250 g/mol. The lowest BCUT2D eigenvalue weighted by Gasteiger charge is -2.10. The van der Waals surface area contributed by atoms with Crippen molar-refractivity contribution in [1.29, 1.82) is 0 Å². The summed E-state index contributed by atoms with van der Waals surface area (Å²) >= 11 is 0. The summed E-state index contributed by atoms with van der Waals surface area (Å²) in [5.74, 6) is 0.0582. The molecular formula is C12H14N2O2S. The molecule has 0 saturated heterocycles. The summed E-state index contributed by atoms with van der Waals surface area (Å²) in [6, 6.07) is 7.30. The van der Waals surface area contributed by atoms with Gasteiger partial charge in [0.05, 0.1) is 17.0 Å². The SMILES string of the molecule is CCS(=O)(=O)Nc1ccc(C)c2ncccc12. The van der Waals surface area contributed by atoms with Crippen molar-refractivity contribution in [1.82, 2.24) is 4.98 Å². The molecule has 0 spiro atoms. The number of aryl methyl sites for hydroxylation is 1. The van der Waals surface area contributed by atoms with Crippen molar-refractivity contribution in [2.45, 2.75) is 13.8 Å². The minimum absolute atomic E-state index is 0.0582. The second kappa shape index (κ2) is 4.33. The molecule has 0 unspecified atom stereocenters. The number of benzene rings is 1. The summed E-state index contributed by atoms with van der Waals surface area (Å²) < 4.78 is 25.7. The largest absolute Gasteiger partial charge is 0.283 e. The van der Waals surface area contributed by atoms with E-state index in [-0.39, 0.29) is 5.75 Å². The van der Waals surface area contributed by atoms with Gasteiger partial charge in [0.1, 0.15) is 0 Å². The normalized spacial score (nSPS) is 11.6. The van der Waals surface area contributed by atoms with Crippen molar-refractivity contribution in [3.63, 3.8) is 0 Å². The predicted octanol–water partition coefficient (Wildman–Crippen LogP) is 2.30. The maximum atomic E-state index is 11.6. The highest BCUT2D eigenvalue weighted by Gasteiger charge is 2.10. The highest BCUT2D eigenvalue weighted by molar-refractivity contribution is 7.92. The lowest BCUT2D eigenvalue weighted by molar-refractivity contribution is 0.602. The van der Waals surface area contributed by atoms with Gasteiger partial charge < -0.3 is 0 Å². The summed E-state index contributed by atoms with van der Waals surface area (Å²) in [4.78, 5) is 4.26. The Bertz CT molecular complexity index is 651. The van der Waals surface area contributed by atoms with E-state index in [0.717, 1.165) is 16.5 Å². The third-order valence-corrected chi connectivity index (χ3v) is 3.91. The van der Waals surface area contributed by atoms with Gasteiger partial charge in [-0.3, -0.25) is 9.71 Å². The molecule has 1 aromatic heterocycles. The van der Waals surface area contributed by atoms with Crippen LogP contribution in [-0.4, -0.2) is 19.2 Å². The van der Waals surface area contributed by atoms with E-state index in [1.165, 1.54) is 0 Å². The number of anilines is 1. The molecule has 0 radical (unpaired) electrons. The van der Waals surface area contributed by atoms with Gasteiger partial charge in [-0.25, -0.2) is 8.42 Å². The van der Waals surface area contributed by atoms with Crippen molar-refractivity contribution in [3.8, 4) is 0 Å². The number of nitrogens with one attached hydrogen (secondary N) is 1. The Hall–Kier alpha value is -1.62. The van der Waals surface area contributed by atoms with Crippen molar-refractivity contribution in [3.05, 3.63) is 36.0 Å². The van der Waals surface area contributed by atoms with Crippen LogP contribution >= 0.6 is 0 Å². The van der Waals surface area contributed by atoms with Crippen molar-refractivity contribution < 1.29 is 8.42 Å². The number of aromatic nitrogens is 1. The van der Waals surface area contributed by atoms with Crippen LogP contribution in [0.1, 0.15) is 12.5 Å². The van der Waals surface area contributed by atoms with Crippen LogP contribution in [0.2, 0.25) is 0 Å². The van der Waals surface area contributed by atoms with Gasteiger partial charge in [0.2, 0.25) is 10.0 Å². The van der Waals surface area contributed by atoms with Gasteiger partial charge in [-0.2, -0.15) is 0 Å². The summed E-state index contributed by atoms with van der Waals surface area (Å²) in [6.45, 7) is 3.56. The first-order valence-electron chi connectivity index (χ1n) is 5.38. The van der Waals surface area contributed by atoms with Gasteiger partial charge in [-0.1, -0.05) is 6.07 Å². The second-order valence-electron chi connectivity index (χ2n) is 3.84. The van der Waals surface area contributed by atoms with Gasteiger partial charge in [0, 0.05) is 11.6 Å². The van der Waals surface area contributed by atoms with Crippen LogP contribution < -0.4 is 4.72 Å². The Morgan fingerprint density at radius 2 is 2.06 bits per heavy atom. The van der Waals surface area contributed by atoms with Gasteiger partial charge in [0.15, 0.2) is 0 Å². The van der Waals surface area contributed by atoms with Crippen LogP contribution in [0, 0.1) is 6.92 Å². The highest BCUT2D eigenvalue weighted by atomic mass is 32.2. The van der Waals surface area contributed by atoms with E-state index in [1.807, 2.05) is 19.1 Å². The van der Waals surface area contributed by atoms with Crippen molar-refractivity contribution >= 4 is 26.6 Å². The molecule has 0 atom stereocenters. The minimum atomic E-state index is -3.25. The first kappa shape index (κ1) is 11.9. The van der Waals surface area contributed by atoms with E-state index >= 15 is 0 Å². The highest BCUT2D eigenvalue weighted by Crippen LogP contribution is 2.25. The van der Waals surface area contributed by atoms with Crippen LogP contribution in [0.5, 0.6) is 0 Å². The Morgan fingerprint density at radius 1 is 1.29 bits per heavy atom. The second-order valence-corrected chi connectivity index (χ2v) is 5.85. The number of pyridine rings is 1. The summed E-state index contributed by atoms with van der Waals surface area (Å²) in [5, 5.41) is 0.824. The first-order chi connectivity index (χ1) is 8.03. The molecule has 0 aliphatic rings. The van der Waals surface area contributed by atoms with Crippen molar-refractivity contribution in [2.75, 3.05) is 10.5 Å². The Balaban J connectivity index is 2.60. The smallest absolute Gasteiger partial charge is 0.232 e. The third-order valence-electron chi connectivity index (χ3n) is 2.62. The number of sulfonamides is 1. The molecule has 0 bridgehead atoms. The monoisotopic (exact) mass is 250 g/mol. The quantitative estimate of drug-likeness (QED) is 0.909. The molecule has 90 valence electrons. The average Bonchev–Trinajstić information content (AvgIpc) is 2.33. The van der Waals surface area contributed by atoms with E-state index in [4.69, 9.17) is 0 Å². The molecule has 4 nitrogen and oxygen atoms in total. The molecule has 1 N–H and O–H groups in total. The zero-order valence-corrected chi connectivity index (χ0v) is 10.6. The fraction of sp³-hybridized carbons (Fsp3) is 0.250. The van der Waals surface area contributed by atoms with Gasteiger partial charge in [-0.05, 0) is 37.6 Å². The molecule has 0 fully saturated rings. The number of hydrogen-bond acceptors (Lipinski definition) is 3. The van der Waals surface area contributed by atoms with E-state index < -0.39 is 10.0 Å². The third kappa shape index (κ3) is 2.39. The van der Waals surface area contributed by atoms with Gasteiger partial charge in [0.25, 0.3) is 0 Å². The standard InChI is InChI=1S/C12H14N2O2S/c1-3-17(15,16)14-11-7-6-9(2)12-10(11)5-4-8-13-12/h4-8,14H,3H2,1-2H3. The number of hydrogen-bond donors (Lipinski definition) is 1. The van der Waals surface area contributed by atoms with E-state index in [9.17, 15) is 8.42 Å². The van der Waals surface area contributed by atoms with E-state index in [2.05, 4.69) is 9.71 Å². The van der Waals surface area contributed by atoms with Crippen LogP contribution in [0.15, 0.2) is 30.5 Å². The summed E-state index contributed by atoms with van der Waals surface area (Å²) in [5.41, 5.74) is 2.43. The van der Waals surface area contributed by atoms with Crippen LogP contribution in [0.25, 0.3) is 10.9 Å². The summed E-state index contributed by atoms with van der Waals surface area (Å²) in [6.07, 6.45) is 1.70. The molecule has 0 aliphatic heterocycles. The predicted molar refractivity (Wildman–Crippen MR) is 69.6 cm³/mol. The zero-order valence-electron chi connectivity index (χ0n) is 9.77. The maximum absolute atomic E-state index is 11.6. The van der Waals surface area contributed by atoms with E-state index in [0.29, 0.717) is 5.69 Å². The lowest BCUT2D eigenvalue weighted by Crippen LogP contribution is -2.14. The molecule has 1 aromatic carbocycles. The molecular weight excluding hydrogens is 236 g/mol. The van der Waals surface area contributed by atoms with Crippen LogP contribution in [0.4, 0.5) is 5.69 Å². The molecule has 2 aromatic rings. The van der Waals surface area contributed by atoms with Crippen molar-refractivity contribution in [2.24, 2.45) is 0 Å². The molecule has 0 aliphatic carbocycles. The zero-order chi connectivity index (χ0) is 12.5. The fourth-order valence-electron chi connectivity index (χ4n) is 1.64. The lowest BCUT2D eigenvalue weighted by atomic mass is 10.1. The van der Waals surface area contributed by atoms with Crippen LogP contribution in [-0.2, 0) is 10.0 Å². The molecule has 0 amide bonds. The molecule has 0 saturated carbocycles. The summed E-state index contributed by atoms with van der Waals surface area (Å²) in [7, 11) is -3.25. The molecule has 1 heterocycles. The number of nitrogens with zero attached hydrogens (tertiary/aromatic N) is 1. The molecule has 2 rings (SSSR count). The van der Waals surface area contributed by atoms with Crippen LogP contribution in [0.3, 0.4) is 0 Å². The Kier molecular flexibility index (Phi) is 3.02. The Labute approximate surface area is 101 Å². The topological polar surface area (TPSA) is 59.1 Å². The number of fused-ring (bicyclic) bond motifs is 1.